The van der Waals surface area contributed by atoms with Gasteiger partial charge < -0.3 is 15.7 Å². The molecule has 19 heavy (non-hydrogen) atoms. The minimum Gasteiger partial charge on any atom is -0.479 e. The van der Waals surface area contributed by atoms with Crippen LogP contribution in [0.15, 0.2) is 17.5 Å². The molecule has 1 unspecified atom stereocenters. The summed E-state index contributed by atoms with van der Waals surface area (Å²) in [5.74, 6) is -1.30. The summed E-state index contributed by atoms with van der Waals surface area (Å²) in [6, 6.07) is 2.95. The molecule has 0 radical (unpaired) electrons. The highest BCUT2D eigenvalue weighted by molar-refractivity contribution is 7.10. The second-order valence-electron chi connectivity index (χ2n) is 4.72. The van der Waals surface area contributed by atoms with Gasteiger partial charge in [0.05, 0.1) is 6.54 Å². The van der Waals surface area contributed by atoms with Crippen LogP contribution in [0.4, 0.5) is 0 Å². The molecule has 1 aliphatic carbocycles. The average molecular weight is 282 g/mol. The minimum absolute atomic E-state index is 0.180. The average Bonchev–Trinajstić information content (AvgIpc) is 3.05. The highest BCUT2D eigenvalue weighted by Crippen LogP contribution is 2.19. The summed E-state index contributed by atoms with van der Waals surface area (Å²) in [6.07, 6.45) is 4.60. The van der Waals surface area contributed by atoms with Gasteiger partial charge in [-0.2, -0.15) is 0 Å². The molecule has 5 nitrogen and oxygen atoms in total. The van der Waals surface area contributed by atoms with E-state index < -0.39 is 12.0 Å². The standard InChI is InChI=1S/C13H18N2O3S/c16-11(8-14-9-4-1-2-5-9)15-12(13(17)18)10-6-3-7-19-10/h3,6-7,9,12,14H,1-2,4-5,8H2,(H,15,16)(H,17,18). The van der Waals surface area contributed by atoms with Gasteiger partial charge in [-0.15, -0.1) is 11.3 Å². The number of hydrogen-bond donors (Lipinski definition) is 3. The Morgan fingerprint density at radius 1 is 1.42 bits per heavy atom. The van der Waals surface area contributed by atoms with E-state index in [0.717, 1.165) is 12.8 Å². The van der Waals surface area contributed by atoms with Gasteiger partial charge >= 0.3 is 5.97 Å². The summed E-state index contributed by atoms with van der Waals surface area (Å²) in [6.45, 7) is 0.180. The molecular formula is C13H18N2O3S. The zero-order valence-corrected chi connectivity index (χ0v) is 11.4. The van der Waals surface area contributed by atoms with Gasteiger partial charge in [-0.3, -0.25) is 4.79 Å². The van der Waals surface area contributed by atoms with Crippen molar-refractivity contribution in [2.45, 2.75) is 37.8 Å². The monoisotopic (exact) mass is 282 g/mol. The van der Waals surface area contributed by atoms with Crippen LogP contribution in [-0.2, 0) is 9.59 Å². The first-order valence-corrected chi connectivity index (χ1v) is 7.33. The van der Waals surface area contributed by atoms with E-state index in [2.05, 4.69) is 10.6 Å². The second-order valence-corrected chi connectivity index (χ2v) is 5.70. The van der Waals surface area contributed by atoms with Crippen molar-refractivity contribution in [1.29, 1.82) is 0 Å². The van der Waals surface area contributed by atoms with Crippen molar-refractivity contribution in [2.75, 3.05) is 6.54 Å². The number of amides is 1. The third kappa shape index (κ3) is 4.04. The van der Waals surface area contributed by atoms with Gasteiger partial charge in [0.25, 0.3) is 0 Å². The summed E-state index contributed by atoms with van der Waals surface area (Å²) in [5.41, 5.74) is 0. The Morgan fingerprint density at radius 3 is 2.74 bits per heavy atom. The summed E-state index contributed by atoms with van der Waals surface area (Å²) in [4.78, 5) is 23.6. The number of carbonyl (C=O) groups is 2. The van der Waals surface area contributed by atoms with E-state index >= 15 is 0 Å². The maximum absolute atomic E-state index is 11.8. The Kier molecular flexibility index (Phi) is 4.93. The van der Waals surface area contributed by atoms with Crippen molar-refractivity contribution in [3.8, 4) is 0 Å². The highest BCUT2D eigenvalue weighted by atomic mass is 32.1. The molecule has 1 aromatic heterocycles. The van der Waals surface area contributed by atoms with Crippen molar-refractivity contribution in [1.82, 2.24) is 10.6 Å². The van der Waals surface area contributed by atoms with E-state index in [4.69, 9.17) is 5.11 Å². The second kappa shape index (κ2) is 6.68. The fourth-order valence-electron chi connectivity index (χ4n) is 2.29. The summed E-state index contributed by atoms with van der Waals surface area (Å²) in [7, 11) is 0. The lowest BCUT2D eigenvalue weighted by Crippen LogP contribution is -2.41. The number of rotatable bonds is 6. The SMILES string of the molecule is O=C(CNC1CCCC1)NC(C(=O)O)c1cccs1. The molecule has 0 saturated heterocycles. The number of carboxylic acids is 1. The molecule has 1 atom stereocenters. The molecule has 0 aliphatic heterocycles. The maximum atomic E-state index is 11.8. The van der Waals surface area contributed by atoms with Crippen molar-refractivity contribution >= 4 is 23.2 Å². The normalized spacial score (nSPS) is 17.3. The third-order valence-electron chi connectivity index (χ3n) is 3.29. The van der Waals surface area contributed by atoms with Gasteiger partial charge in [0.1, 0.15) is 0 Å². The molecule has 0 spiro atoms. The fraction of sp³-hybridized carbons (Fsp3) is 0.538. The Bertz CT molecular complexity index is 427. The lowest BCUT2D eigenvalue weighted by Gasteiger charge is -2.15. The molecule has 0 bridgehead atoms. The number of aliphatic carboxylic acids is 1. The molecule has 6 heteroatoms. The van der Waals surface area contributed by atoms with Gasteiger partial charge in [0.2, 0.25) is 5.91 Å². The predicted molar refractivity (Wildman–Crippen MR) is 73.1 cm³/mol. The summed E-state index contributed by atoms with van der Waals surface area (Å²) < 4.78 is 0. The Morgan fingerprint density at radius 2 is 2.16 bits per heavy atom. The lowest BCUT2D eigenvalue weighted by molar-refractivity contribution is -0.141. The molecule has 1 heterocycles. The van der Waals surface area contributed by atoms with E-state index in [0.29, 0.717) is 10.9 Å². The number of carbonyl (C=O) groups excluding carboxylic acids is 1. The van der Waals surface area contributed by atoms with Gasteiger partial charge in [0.15, 0.2) is 6.04 Å². The molecule has 3 N–H and O–H groups in total. The van der Waals surface area contributed by atoms with E-state index in [1.54, 1.807) is 17.5 Å². The van der Waals surface area contributed by atoms with Crippen LogP contribution < -0.4 is 10.6 Å². The molecular weight excluding hydrogens is 264 g/mol. The van der Waals surface area contributed by atoms with E-state index in [-0.39, 0.29) is 12.5 Å². The molecule has 1 aromatic rings. The van der Waals surface area contributed by atoms with Crippen LogP contribution in [0.2, 0.25) is 0 Å². The molecule has 1 saturated carbocycles. The smallest absolute Gasteiger partial charge is 0.331 e. The largest absolute Gasteiger partial charge is 0.479 e. The van der Waals surface area contributed by atoms with Crippen molar-refractivity contribution in [2.24, 2.45) is 0 Å². The Balaban J connectivity index is 1.83. The molecule has 1 fully saturated rings. The Hall–Kier alpha value is -1.40. The number of nitrogens with one attached hydrogen (secondary N) is 2. The summed E-state index contributed by atoms with van der Waals surface area (Å²) >= 11 is 1.33. The van der Waals surface area contributed by atoms with Crippen molar-refractivity contribution < 1.29 is 14.7 Å². The number of thiophene rings is 1. The molecule has 1 aliphatic rings. The van der Waals surface area contributed by atoms with Crippen LogP contribution in [0.25, 0.3) is 0 Å². The number of hydrogen-bond acceptors (Lipinski definition) is 4. The van der Waals surface area contributed by atoms with Crippen LogP contribution in [-0.4, -0.2) is 29.6 Å². The first-order valence-electron chi connectivity index (χ1n) is 6.46. The first-order chi connectivity index (χ1) is 9.16. The van der Waals surface area contributed by atoms with Crippen LogP contribution in [0.1, 0.15) is 36.6 Å². The van der Waals surface area contributed by atoms with E-state index in [9.17, 15) is 9.59 Å². The number of carboxylic acid groups (broad SMARTS) is 1. The highest BCUT2D eigenvalue weighted by Gasteiger charge is 2.23. The van der Waals surface area contributed by atoms with Crippen molar-refractivity contribution in [3.63, 3.8) is 0 Å². The van der Waals surface area contributed by atoms with E-state index in [1.165, 1.54) is 24.2 Å². The van der Waals surface area contributed by atoms with Crippen LogP contribution in [0, 0.1) is 0 Å². The molecule has 104 valence electrons. The van der Waals surface area contributed by atoms with Crippen molar-refractivity contribution in [3.05, 3.63) is 22.4 Å². The van der Waals surface area contributed by atoms with Gasteiger partial charge in [0, 0.05) is 10.9 Å². The molecule has 2 rings (SSSR count). The third-order valence-corrected chi connectivity index (χ3v) is 4.22. The van der Waals surface area contributed by atoms with Gasteiger partial charge in [-0.05, 0) is 24.3 Å². The quantitative estimate of drug-likeness (QED) is 0.739. The topological polar surface area (TPSA) is 78.4 Å². The maximum Gasteiger partial charge on any atom is 0.331 e. The van der Waals surface area contributed by atoms with Gasteiger partial charge in [-0.1, -0.05) is 18.9 Å². The lowest BCUT2D eigenvalue weighted by atomic mass is 10.2. The van der Waals surface area contributed by atoms with Gasteiger partial charge in [-0.25, -0.2) is 4.79 Å². The molecule has 1 amide bonds. The predicted octanol–water partition coefficient (Wildman–Crippen LogP) is 1.52. The van der Waals surface area contributed by atoms with Crippen LogP contribution in [0.3, 0.4) is 0 Å². The summed E-state index contributed by atoms with van der Waals surface area (Å²) in [5, 5.41) is 16.7. The van der Waals surface area contributed by atoms with Crippen LogP contribution in [0.5, 0.6) is 0 Å². The zero-order chi connectivity index (χ0) is 13.7. The Labute approximate surface area is 116 Å². The first kappa shape index (κ1) is 14.0. The minimum atomic E-state index is -1.03. The fourth-order valence-corrected chi connectivity index (χ4v) is 3.06. The molecule has 0 aromatic carbocycles. The van der Waals surface area contributed by atoms with Crippen LogP contribution >= 0.6 is 11.3 Å². The zero-order valence-electron chi connectivity index (χ0n) is 10.6. The van der Waals surface area contributed by atoms with E-state index in [1.807, 2.05) is 0 Å².